The van der Waals surface area contributed by atoms with E-state index in [0.717, 1.165) is 5.82 Å². The second-order valence-electron chi connectivity index (χ2n) is 5.97. The van der Waals surface area contributed by atoms with Crippen molar-refractivity contribution in [2.45, 2.75) is 39.3 Å². The van der Waals surface area contributed by atoms with Crippen molar-refractivity contribution in [1.82, 2.24) is 19.5 Å². The van der Waals surface area contributed by atoms with Gasteiger partial charge in [0.2, 0.25) is 0 Å². The number of aromatic nitrogens is 4. The Bertz CT molecular complexity index is 613. The number of anilines is 1. The van der Waals surface area contributed by atoms with Crippen molar-refractivity contribution < 1.29 is 10.2 Å². The molecule has 2 aromatic heterocycles. The van der Waals surface area contributed by atoms with E-state index in [-0.39, 0.29) is 19.3 Å². The van der Waals surface area contributed by atoms with E-state index in [1.165, 1.54) is 6.33 Å². The van der Waals surface area contributed by atoms with Crippen LogP contribution in [0.1, 0.15) is 33.2 Å². The lowest BCUT2D eigenvalue weighted by molar-refractivity contribution is 0.188. The Morgan fingerprint density at radius 2 is 1.91 bits per heavy atom. The van der Waals surface area contributed by atoms with Crippen LogP contribution in [0.4, 0.5) is 5.82 Å². The highest BCUT2D eigenvalue weighted by molar-refractivity contribution is 5.83. The summed E-state index contributed by atoms with van der Waals surface area (Å²) < 4.78 is 1.81. The van der Waals surface area contributed by atoms with Crippen LogP contribution in [-0.4, -0.2) is 56.0 Å². The topological polar surface area (TPSA) is 87.3 Å². The first-order valence-corrected chi connectivity index (χ1v) is 7.63. The Balaban J connectivity index is 2.45. The molecule has 7 nitrogen and oxygen atoms in total. The van der Waals surface area contributed by atoms with Gasteiger partial charge in [0.25, 0.3) is 0 Å². The molecule has 2 N–H and O–H groups in total. The van der Waals surface area contributed by atoms with Crippen LogP contribution in [0.3, 0.4) is 0 Å². The van der Waals surface area contributed by atoms with Gasteiger partial charge in [0.15, 0.2) is 17.0 Å². The van der Waals surface area contributed by atoms with Gasteiger partial charge in [-0.3, -0.25) is 0 Å². The number of imidazole rings is 1. The third-order valence-electron chi connectivity index (χ3n) is 4.32. The number of aliphatic hydroxyl groups excluding tert-OH is 2. The Morgan fingerprint density at radius 1 is 1.18 bits per heavy atom. The molecule has 0 fully saturated rings. The molecule has 2 atom stereocenters. The quantitative estimate of drug-likeness (QED) is 0.800. The Morgan fingerprint density at radius 3 is 2.50 bits per heavy atom. The lowest BCUT2D eigenvalue weighted by Gasteiger charge is -2.28. The number of hydrogen-bond donors (Lipinski definition) is 2. The van der Waals surface area contributed by atoms with Gasteiger partial charge in [0.1, 0.15) is 6.33 Å². The summed E-state index contributed by atoms with van der Waals surface area (Å²) in [6.07, 6.45) is 3.64. The zero-order valence-electron chi connectivity index (χ0n) is 13.6. The molecule has 0 aliphatic carbocycles. The average molecular weight is 307 g/mol. The normalized spacial score (nSPS) is 14.5. The van der Waals surface area contributed by atoms with E-state index in [1.807, 2.05) is 11.6 Å². The molecule has 0 saturated carbocycles. The lowest BCUT2D eigenvalue weighted by atomic mass is 10.1. The molecule has 0 aromatic carbocycles. The van der Waals surface area contributed by atoms with E-state index in [1.54, 1.807) is 6.33 Å². The SMILES string of the molecule is CC(C)C(C)N(C)c1ncnc2c1ncn2C(CO)CCO. The number of hydrogen-bond acceptors (Lipinski definition) is 6. The van der Waals surface area contributed by atoms with Crippen molar-refractivity contribution >= 4 is 17.0 Å². The van der Waals surface area contributed by atoms with E-state index in [0.29, 0.717) is 29.5 Å². The molecule has 22 heavy (non-hydrogen) atoms. The van der Waals surface area contributed by atoms with E-state index in [4.69, 9.17) is 5.11 Å². The minimum Gasteiger partial charge on any atom is -0.396 e. The number of aliphatic hydroxyl groups is 2. The van der Waals surface area contributed by atoms with Crippen molar-refractivity contribution in [1.29, 1.82) is 0 Å². The van der Waals surface area contributed by atoms with Gasteiger partial charge < -0.3 is 19.7 Å². The third kappa shape index (κ3) is 3.05. The van der Waals surface area contributed by atoms with E-state index < -0.39 is 0 Å². The fourth-order valence-electron chi connectivity index (χ4n) is 2.47. The van der Waals surface area contributed by atoms with Crippen molar-refractivity contribution in [2.24, 2.45) is 5.92 Å². The summed E-state index contributed by atoms with van der Waals surface area (Å²) in [6.45, 7) is 6.43. The van der Waals surface area contributed by atoms with Crippen LogP contribution in [0.5, 0.6) is 0 Å². The van der Waals surface area contributed by atoms with Crippen LogP contribution in [0.25, 0.3) is 11.2 Å². The average Bonchev–Trinajstić information content (AvgIpc) is 2.94. The van der Waals surface area contributed by atoms with Crippen LogP contribution in [0.15, 0.2) is 12.7 Å². The van der Waals surface area contributed by atoms with Gasteiger partial charge in [0, 0.05) is 19.7 Å². The predicted octanol–water partition coefficient (Wildman–Crippen LogP) is 1.22. The number of rotatable bonds is 7. The summed E-state index contributed by atoms with van der Waals surface area (Å²) in [5, 5.41) is 18.6. The third-order valence-corrected chi connectivity index (χ3v) is 4.32. The Kier molecular flexibility index (Phi) is 5.31. The summed E-state index contributed by atoms with van der Waals surface area (Å²) >= 11 is 0. The lowest BCUT2D eigenvalue weighted by Crippen LogP contribution is -2.34. The van der Waals surface area contributed by atoms with Gasteiger partial charge in [-0.25, -0.2) is 15.0 Å². The highest BCUT2D eigenvalue weighted by Crippen LogP contribution is 2.26. The monoisotopic (exact) mass is 307 g/mol. The summed E-state index contributed by atoms with van der Waals surface area (Å²) in [4.78, 5) is 15.2. The summed E-state index contributed by atoms with van der Waals surface area (Å²) in [6, 6.07) is 0.0832. The minimum absolute atomic E-state index is 0.00707. The Labute approximate surface area is 130 Å². The molecule has 7 heteroatoms. The van der Waals surface area contributed by atoms with Crippen LogP contribution in [0.2, 0.25) is 0 Å². The molecule has 0 aliphatic rings. The fourth-order valence-corrected chi connectivity index (χ4v) is 2.47. The van der Waals surface area contributed by atoms with E-state index in [9.17, 15) is 5.11 Å². The van der Waals surface area contributed by atoms with Crippen LogP contribution in [0, 0.1) is 5.92 Å². The molecule has 2 heterocycles. The van der Waals surface area contributed by atoms with Gasteiger partial charge in [-0.15, -0.1) is 0 Å². The zero-order valence-corrected chi connectivity index (χ0v) is 13.6. The van der Waals surface area contributed by atoms with Gasteiger partial charge in [-0.1, -0.05) is 13.8 Å². The highest BCUT2D eigenvalue weighted by Gasteiger charge is 2.21. The Hall–Kier alpha value is -1.73. The van der Waals surface area contributed by atoms with Crippen molar-refractivity contribution in [3.05, 3.63) is 12.7 Å². The molecular weight excluding hydrogens is 282 g/mol. The van der Waals surface area contributed by atoms with Gasteiger partial charge >= 0.3 is 0 Å². The molecule has 0 amide bonds. The summed E-state index contributed by atoms with van der Waals surface area (Å²) in [5.41, 5.74) is 1.40. The number of nitrogens with zero attached hydrogens (tertiary/aromatic N) is 5. The molecule has 2 aromatic rings. The second-order valence-corrected chi connectivity index (χ2v) is 5.97. The van der Waals surface area contributed by atoms with Crippen molar-refractivity contribution in [2.75, 3.05) is 25.2 Å². The van der Waals surface area contributed by atoms with Crippen molar-refractivity contribution in [3.63, 3.8) is 0 Å². The zero-order chi connectivity index (χ0) is 16.3. The van der Waals surface area contributed by atoms with Crippen LogP contribution >= 0.6 is 0 Å². The smallest absolute Gasteiger partial charge is 0.165 e. The van der Waals surface area contributed by atoms with E-state index in [2.05, 4.69) is 40.6 Å². The second kappa shape index (κ2) is 7.02. The molecular formula is C15H25N5O2. The molecule has 0 bridgehead atoms. The van der Waals surface area contributed by atoms with Crippen molar-refractivity contribution in [3.8, 4) is 0 Å². The van der Waals surface area contributed by atoms with Crippen LogP contribution < -0.4 is 4.90 Å². The first-order chi connectivity index (χ1) is 10.5. The minimum atomic E-state index is -0.231. The largest absolute Gasteiger partial charge is 0.396 e. The molecule has 122 valence electrons. The molecule has 2 unspecified atom stereocenters. The first-order valence-electron chi connectivity index (χ1n) is 7.63. The molecule has 0 aliphatic heterocycles. The molecule has 0 spiro atoms. The maximum absolute atomic E-state index is 9.51. The van der Waals surface area contributed by atoms with Crippen LogP contribution in [-0.2, 0) is 0 Å². The number of fused-ring (bicyclic) bond motifs is 1. The maximum atomic E-state index is 9.51. The van der Waals surface area contributed by atoms with Gasteiger partial charge in [-0.2, -0.15) is 0 Å². The van der Waals surface area contributed by atoms with Gasteiger partial charge in [0.05, 0.1) is 19.0 Å². The predicted molar refractivity (Wildman–Crippen MR) is 85.9 cm³/mol. The highest BCUT2D eigenvalue weighted by atomic mass is 16.3. The molecule has 2 rings (SSSR count). The standard InChI is InChI=1S/C15H25N5O2/c1-10(2)11(3)19(4)14-13-15(17-8-16-14)20(9-18-13)12(7-22)5-6-21/h8-12,21-22H,5-7H2,1-4H3. The molecule has 0 radical (unpaired) electrons. The summed E-state index contributed by atoms with van der Waals surface area (Å²) in [5.74, 6) is 1.27. The molecule has 0 saturated heterocycles. The fraction of sp³-hybridized carbons (Fsp3) is 0.667. The summed E-state index contributed by atoms with van der Waals surface area (Å²) in [7, 11) is 2.00. The van der Waals surface area contributed by atoms with E-state index >= 15 is 0 Å². The van der Waals surface area contributed by atoms with Gasteiger partial charge in [-0.05, 0) is 19.3 Å². The maximum Gasteiger partial charge on any atom is 0.165 e. The first kappa shape index (κ1) is 16.6.